The number of halogens is 4. The number of benzene rings is 1. The highest BCUT2D eigenvalue weighted by Crippen LogP contribution is 2.37. The van der Waals surface area contributed by atoms with Gasteiger partial charge >= 0.3 is 6.18 Å². The molecule has 13 heteroatoms. The van der Waals surface area contributed by atoms with Crippen molar-refractivity contribution in [3.05, 3.63) is 70.9 Å². The highest BCUT2D eigenvalue weighted by molar-refractivity contribution is 7.92. The van der Waals surface area contributed by atoms with E-state index in [1.807, 2.05) is 0 Å². The van der Waals surface area contributed by atoms with Crippen molar-refractivity contribution in [2.75, 3.05) is 11.1 Å². The average molecular weight is 555 g/mol. The fraction of sp³-hybridized carbons (Fsp3) is 0.320. The number of nitrogens with zero attached hydrogens (tertiary/aromatic N) is 2. The average Bonchev–Trinajstić information content (AvgIpc) is 2.78. The molecule has 0 aliphatic carbocycles. The largest absolute Gasteiger partial charge is 0.436 e. The van der Waals surface area contributed by atoms with Gasteiger partial charge in [-0.1, -0.05) is 6.07 Å². The molecule has 3 N–H and O–H groups in total. The highest BCUT2D eigenvalue weighted by Gasteiger charge is 2.36. The van der Waals surface area contributed by atoms with E-state index in [0.717, 1.165) is 13.0 Å². The van der Waals surface area contributed by atoms with Crippen molar-refractivity contribution in [2.24, 2.45) is 0 Å². The summed E-state index contributed by atoms with van der Waals surface area (Å²) in [6.07, 6.45) is -4.19. The fourth-order valence-corrected chi connectivity index (χ4v) is 5.06. The lowest BCUT2D eigenvalue weighted by Crippen LogP contribution is -2.23. The summed E-state index contributed by atoms with van der Waals surface area (Å²) in [6, 6.07) is 7.74. The number of aliphatic hydroxyl groups is 1. The molecule has 204 valence electrons. The highest BCUT2D eigenvalue weighted by atomic mass is 32.2. The third-order valence-corrected chi connectivity index (χ3v) is 7.31. The van der Waals surface area contributed by atoms with Gasteiger partial charge < -0.3 is 15.2 Å². The molecule has 2 heterocycles. The van der Waals surface area contributed by atoms with E-state index in [1.165, 1.54) is 51.1 Å². The second kappa shape index (κ2) is 10.7. The van der Waals surface area contributed by atoms with Gasteiger partial charge in [0, 0.05) is 22.5 Å². The molecule has 1 unspecified atom stereocenters. The van der Waals surface area contributed by atoms with E-state index in [9.17, 15) is 31.7 Å². The molecule has 0 spiro atoms. The van der Waals surface area contributed by atoms with Gasteiger partial charge in [0.2, 0.25) is 11.8 Å². The molecule has 0 saturated heterocycles. The lowest BCUT2D eigenvalue weighted by atomic mass is 10.0. The first kappa shape index (κ1) is 29.0. The molecular formula is C25H26F4N4O4S. The molecule has 2 aromatic heterocycles. The Bertz CT molecular complexity index is 1470. The maximum absolute atomic E-state index is 13.6. The Kier molecular flexibility index (Phi) is 8.13. The maximum Gasteiger partial charge on any atom is 0.418 e. The number of hydrogen-bond acceptors (Lipinski definition) is 7. The number of hydrogen-bond donors (Lipinski definition) is 3. The van der Waals surface area contributed by atoms with Gasteiger partial charge in [-0.3, -0.25) is 4.79 Å². The van der Waals surface area contributed by atoms with Crippen LogP contribution in [0.15, 0.2) is 47.5 Å². The number of amides is 1. The third kappa shape index (κ3) is 7.04. The minimum atomic E-state index is -4.81. The van der Waals surface area contributed by atoms with Crippen LogP contribution in [-0.4, -0.2) is 36.5 Å². The van der Waals surface area contributed by atoms with E-state index in [1.54, 1.807) is 0 Å². The lowest BCUT2D eigenvalue weighted by Gasteiger charge is -2.19. The van der Waals surface area contributed by atoms with Crippen molar-refractivity contribution >= 4 is 21.3 Å². The number of pyridine rings is 2. The molecule has 0 fully saturated rings. The Hall–Kier alpha value is -3.58. The zero-order valence-electron chi connectivity index (χ0n) is 20.9. The van der Waals surface area contributed by atoms with Crippen LogP contribution in [0.5, 0.6) is 11.6 Å². The summed E-state index contributed by atoms with van der Waals surface area (Å²) in [5.74, 6) is -2.43. The standard InChI is InChI=1S/C25H26F4N4O4S/c1-14-18(25(27,28)29)13-31-23(37-19-8-9-20(26)32-15(19)2)21(14)22(34)33-16-6-5-7-17(12-16)38(30,36)11-10-24(3,4)35/h5-9,12-13,30,35H,10-11H2,1-4H3,(H,33,34). The molecule has 38 heavy (non-hydrogen) atoms. The molecule has 8 nitrogen and oxygen atoms in total. The number of carbonyl (C=O) groups is 1. The van der Waals surface area contributed by atoms with Crippen molar-refractivity contribution in [1.82, 2.24) is 9.97 Å². The van der Waals surface area contributed by atoms with Gasteiger partial charge in [0.25, 0.3) is 5.91 Å². The van der Waals surface area contributed by atoms with Gasteiger partial charge in [0.1, 0.15) is 5.56 Å². The Labute approximate surface area is 217 Å². The van der Waals surface area contributed by atoms with Gasteiger partial charge in [-0.2, -0.15) is 17.6 Å². The number of anilines is 1. The zero-order chi connectivity index (χ0) is 28.5. The molecule has 1 amide bonds. The molecule has 1 atom stereocenters. The quantitative estimate of drug-likeness (QED) is 0.237. The van der Waals surface area contributed by atoms with E-state index in [4.69, 9.17) is 9.52 Å². The summed E-state index contributed by atoms with van der Waals surface area (Å²) in [4.78, 5) is 20.6. The van der Waals surface area contributed by atoms with Crippen LogP contribution in [0.25, 0.3) is 0 Å². The maximum atomic E-state index is 13.6. The molecule has 3 aromatic rings. The van der Waals surface area contributed by atoms with Crippen molar-refractivity contribution in [3.63, 3.8) is 0 Å². The SMILES string of the molecule is Cc1nc(F)ccc1Oc1ncc(C(F)(F)F)c(C)c1C(=O)Nc1cccc(S(=N)(=O)CCC(C)(C)O)c1. The minimum Gasteiger partial charge on any atom is -0.436 e. The number of rotatable bonds is 8. The zero-order valence-corrected chi connectivity index (χ0v) is 21.8. The van der Waals surface area contributed by atoms with Crippen LogP contribution in [0.2, 0.25) is 0 Å². The van der Waals surface area contributed by atoms with Gasteiger partial charge in [0.05, 0.1) is 26.6 Å². The number of ether oxygens (including phenoxy) is 1. The summed E-state index contributed by atoms with van der Waals surface area (Å²) in [6.45, 7) is 5.55. The first-order valence-corrected chi connectivity index (χ1v) is 13.0. The van der Waals surface area contributed by atoms with Gasteiger partial charge in [-0.25, -0.2) is 19.0 Å². The first-order chi connectivity index (χ1) is 17.5. The number of aryl methyl sites for hydroxylation is 1. The Morgan fingerprint density at radius 1 is 1.18 bits per heavy atom. The molecule has 3 rings (SSSR count). The molecule has 0 radical (unpaired) electrons. The Balaban J connectivity index is 2.00. The fourth-order valence-electron chi connectivity index (χ4n) is 3.42. The smallest absolute Gasteiger partial charge is 0.418 e. The summed E-state index contributed by atoms with van der Waals surface area (Å²) >= 11 is 0. The second-order valence-electron chi connectivity index (χ2n) is 9.22. The van der Waals surface area contributed by atoms with Crippen LogP contribution in [0.1, 0.15) is 47.4 Å². The predicted molar refractivity (Wildman–Crippen MR) is 132 cm³/mol. The summed E-state index contributed by atoms with van der Waals surface area (Å²) in [7, 11) is -3.34. The van der Waals surface area contributed by atoms with Crippen LogP contribution in [0.3, 0.4) is 0 Å². The third-order valence-electron chi connectivity index (χ3n) is 5.52. The van der Waals surface area contributed by atoms with Crippen molar-refractivity contribution < 1.29 is 36.4 Å². The molecular weight excluding hydrogens is 528 g/mol. The summed E-state index contributed by atoms with van der Waals surface area (Å²) in [5, 5.41) is 12.4. The number of aromatic nitrogens is 2. The van der Waals surface area contributed by atoms with E-state index in [-0.39, 0.29) is 34.2 Å². The van der Waals surface area contributed by atoms with Gasteiger partial charge in [-0.05, 0) is 70.0 Å². The van der Waals surface area contributed by atoms with Crippen LogP contribution in [0.4, 0.5) is 23.2 Å². The van der Waals surface area contributed by atoms with E-state index < -0.39 is 55.9 Å². The van der Waals surface area contributed by atoms with Crippen molar-refractivity contribution in [3.8, 4) is 11.6 Å². The van der Waals surface area contributed by atoms with E-state index >= 15 is 0 Å². The van der Waals surface area contributed by atoms with E-state index in [2.05, 4.69) is 15.3 Å². The van der Waals surface area contributed by atoms with Crippen molar-refractivity contribution in [1.29, 1.82) is 4.78 Å². The first-order valence-electron chi connectivity index (χ1n) is 11.3. The Morgan fingerprint density at radius 2 is 1.87 bits per heavy atom. The predicted octanol–water partition coefficient (Wildman–Crippen LogP) is 5.86. The monoisotopic (exact) mass is 554 g/mol. The molecule has 0 aliphatic rings. The number of nitrogens with one attached hydrogen (secondary N) is 2. The summed E-state index contributed by atoms with van der Waals surface area (Å²) < 4.78 is 80.9. The molecule has 0 bridgehead atoms. The number of carbonyl (C=O) groups excluding carboxylic acids is 1. The topological polar surface area (TPSA) is 125 Å². The van der Waals surface area contributed by atoms with Crippen LogP contribution in [0, 0.1) is 24.6 Å². The molecule has 0 aliphatic heterocycles. The van der Waals surface area contributed by atoms with E-state index in [0.29, 0.717) is 6.20 Å². The van der Waals surface area contributed by atoms with Crippen LogP contribution in [-0.2, 0) is 15.9 Å². The molecule has 1 aromatic carbocycles. The lowest BCUT2D eigenvalue weighted by molar-refractivity contribution is -0.138. The summed E-state index contributed by atoms with van der Waals surface area (Å²) in [5.41, 5.74) is -3.13. The molecule has 0 saturated carbocycles. The Morgan fingerprint density at radius 3 is 2.47 bits per heavy atom. The second-order valence-corrected chi connectivity index (χ2v) is 11.4. The normalized spacial score (nSPS) is 13.6. The van der Waals surface area contributed by atoms with Crippen LogP contribution < -0.4 is 10.1 Å². The van der Waals surface area contributed by atoms with Gasteiger partial charge in [-0.15, -0.1) is 0 Å². The van der Waals surface area contributed by atoms with Gasteiger partial charge in [0.15, 0.2) is 5.75 Å². The van der Waals surface area contributed by atoms with Crippen LogP contribution >= 0.6 is 0 Å². The van der Waals surface area contributed by atoms with Crippen molar-refractivity contribution in [2.45, 2.75) is 50.8 Å². The number of alkyl halides is 3. The minimum absolute atomic E-state index is 0.0186.